The molecule has 0 aliphatic carbocycles. The standard InChI is InChI=1S/C20H34N4O2S.HI/c1-7-9-10-15-23(5)20(21-8-2)22-16-18-11-13-19(14-12-18)27(25,26)24(6)17(3)4;/h7,11-14,17H,1,8-10,15-16H2,2-6H3,(H,21,22);1H. The van der Waals surface area contributed by atoms with E-state index >= 15 is 0 Å². The highest BCUT2D eigenvalue weighted by atomic mass is 127. The minimum atomic E-state index is -3.45. The predicted molar refractivity (Wildman–Crippen MR) is 129 cm³/mol. The fourth-order valence-corrected chi connectivity index (χ4v) is 3.79. The number of hydrogen-bond donors (Lipinski definition) is 1. The summed E-state index contributed by atoms with van der Waals surface area (Å²) in [6, 6.07) is 6.87. The summed E-state index contributed by atoms with van der Waals surface area (Å²) in [6.45, 7) is 11.7. The van der Waals surface area contributed by atoms with Crippen molar-refractivity contribution in [2.45, 2.75) is 51.1 Å². The zero-order valence-corrected chi connectivity index (χ0v) is 20.8. The smallest absolute Gasteiger partial charge is 0.243 e. The third kappa shape index (κ3) is 8.08. The molecule has 0 fully saturated rings. The lowest BCUT2D eigenvalue weighted by molar-refractivity contribution is 0.410. The van der Waals surface area contributed by atoms with Gasteiger partial charge in [0.1, 0.15) is 0 Å². The van der Waals surface area contributed by atoms with Crippen LogP contribution in [0, 0.1) is 0 Å². The monoisotopic (exact) mass is 522 g/mol. The summed E-state index contributed by atoms with van der Waals surface area (Å²) >= 11 is 0. The van der Waals surface area contributed by atoms with Crippen molar-refractivity contribution in [2.24, 2.45) is 4.99 Å². The first-order valence-corrected chi connectivity index (χ1v) is 10.8. The summed E-state index contributed by atoms with van der Waals surface area (Å²) in [5, 5.41) is 3.29. The maximum absolute atomic E-state index is 12.5. The number of allylic oxidation sites excluding steroid dienone is 1. The molecule has 0 saturated heterocycles. The number of halogens is 1. The molecule has 0 aliphatic heterocycles. The molecule has 0 saturated carbocycles. The molecule has 1 aromatic rings. The summed E-state index contributed by atoms with van der Waals surface area (Å²) in [5.74, 6) is 0.845. The predicted octanol–water partition coefficient (Wildman–Crippen LogP) is 3.70. The third-order valence-electron chi connectivity index (χ3n) is 4.34. The van der Waals surface area contributed by atoms with Gasteiger partial charge in [-0.2, -0.15) is 4.31 Å². The fourth-order valence-electron chi connectivity index (χ4n) is 2.43. The van der Waals surface area contributed by atoms with Gasteiger partial charge in [0.05, 0.1) is 11.4 Å². The molecule has 0 aromatic heterocycles. The zero-order valence-electron chi connectivity index (χ0n) is 17.7. The second-order valence-electron chi connectivity index (χ2n) is 6.78. The first-order valence-electron chi connectivity index (χ1n) is 9.41. The molecule has 0 bridgehead atoms. The molecule has 0 amide bonds. The highest BCUT2D eigenvalue weighted by Gasteiger charge is 2.22. The lowest BCUT2D eigenvalue weighted by atomic mass is 10.2. The van der Waals surface area contributed by atoms with E-state index in [2.05, 4.69) is 21.8 Å². The van der Waals surface area contributed by atoms with Gasteiger partial charge in [0.15, 0.2) is 5.96 Å². The molecule has 0 spiro atoms. The van der Waals surface area contributed by atoms with Crippen molar-refractivity contribution >= 4 is 40.0 Å². The number of nitrogens with one attached hydrogen (secondary N) is 1. The molecule has 0 aliphatic rings. The fraction of sp³-hybridized carbons (Fsp3) is 0.550. The molecule has 0 radical (unpaired) electrons. The van der Waals surface area contributed by atoms with E-state index in [1.807, 2.05) is 46.0 Å². The Bertz CT molecular complexity index is 718. The van der Waals surface area contributed by atoms with Crippen molar-refractivity contribution < 1.29 is 8.42 Å². The average Bonchev–Trinajstić information content (AvgIpc) is 2.64. The van der Waals surface area contributed by atoms with Crippen LogP contribution in [0.3, 0.4) is 0 Å². The van der Waals surface area contributed by atoms with Gasteiger partial charge in [-0.25, -0.2) is 13.4 Å². The van der Waals surface area contributed by atoms with E-state index in [-0.39, 0.29) is 30.0 Å². The molecule has 0 heterocycles. The molecule has 1 aromatic carbocycles. The molecule has 28 heavy (non-hydrogen) atoms. The summed E-state index contributed by atoms with van der Waals surface area (Å²) in [5.41, 5.74) is 0.969. The summed E-state index contributed by atoms with van der Waals surface area (Å²) in [4.78, 5) is 7.07. The van der Waals surface area contributed by atoms with Crippen LogP contribution >= 0.6 is 24.0 Å². The van der Waals surface area contributed by atoms with Crippen molar-refractivity contribution in [3.8, 4) is 0 Å². The summed E-state index contributed by atoms with van der Waals surface area (Å²) in [6.07, 6.45) is 3.93. The number of aliphatic imine (C=N–C) groups is 1. The van der Waals surface area contributed by atoms with E-state index in [0.717, 1.165) is 37.5 Å². The maximum Gasteiger partial charge on any atom is 0.243 e. The molecule has 6 nitrogen and oxygen atoms in total. The Morgan fingerprint density at radius 1 is 1.25 bits per heavy atom. The van der Waals surface area contributed by atoms with Crippen LogP contribution in [-0.4, -0.2) is 56.8 Å². The molecule has 8 heteroatoms. The Morgan fingerprint density at radius 2 is 1.86 bits per heavy atom. The molecular weight excluding hydrogens is 487 g/mol. The maximum atomic E-state index is 12.5. The van der Waals surface area contributed by atoms with E-state index in [4.69, 9.17) is 0 Å². The zero-order chi connectivity index (χ0) is 20.4. The molecule has 1 N–H and O–H groups in total. The first kappa shape index (κ1) is 26.9. The lowest BCUT2D eigenvalue weighted by Crippen LogP contribution is -2.39. The Labute approximate surface area is 188 Å². The Hall–Kier alpha value is -1.13. The van der Waals surface area contributed by atoms with Crippen molar-refractivity contribution in [1.29, 1.82) is 0 Å². The number of unbranched alkanes of at least 4 members (excludes halogenated alkanes) is 1. The SMILES string of the molecule is C=CCCCN(C)C(=NCc1ccc(S(=O)(=O)N(C)C(C)C)cc1)NCC.I. The van der Waals surface area contributed by atoms with Crippen LogP contribution in [0.2, 0.25) is 0 Å². The highest BCUT2D eigenvalue weighted by Crippen LogP contribution is 2.17. The Morgan fingerprint density at radius 3 is 2.36 bits per heavy atom. The van der Waals surface area contributed by atoms with E-state index in [0.29, 0.717) is 11.4 Å². The number of sulfonamides is 1. The highest BCUT2D eigenvalue weighted by molar-refractivity contribution is 14.0. The minimum Gasteiger partial charge on any atom is -0.357 e. The van der Waals surface area contributed by atoms with Crippen LogP contribution < -0.4 is 5.32 Å². The quantitative estimate of drug-likeness (QED) is 0.167. The van der Waals surface area contributed by atoms with Crippen LogP contribution in [0.4, 0.5) is 0 Å². The van der Waals surface area contributed by atoms with Crippen molar-refractivity contribution in [2.75, 3.05) is 27.2 Å². The average molecular weight is 522 g/mol. The number of benzene rings is 1. The van der Waals surface area contributed by atoms with Crippen molar-refractivity contribution in [3.05, 3.63) is 42.5 Å². The minimum absolute atomic E-state index is 0. The largest absolute Gasteiger partial charge is 0.357 e. The van der Waals surface area contributed by atoms with Crippen LogP contribution in [0.5, 0.6) is 0 Å². The van der Waals surface area contributed by atoms with Gasteiger partial charge in [-0.3, -0.25) is 0 Å². The summed E-state index contributed by atoms with van der Waals surface area (Å²) in [7, 11) is 0.164. The Kier molecular flexibility index (Phi) is 12.6. The second-order valence-corrected chi connectivity index (χ2v) is 8.78. The van der Waals surface area contributed by atoms with Gasteiger partial charge < -0.3 is 10.2 Å². The van der Waals surface area contributed by atoms with E-state index in [1.165, 1.54) is 4.31 Å². The summed E-state index contributed by atoms with van der Waals surface area (Å²) < 4.78 is 26.4. The van der Waals surface area contributed by atoms with Gasteiger partial charge >= 0.3 is 0 Å². The molecule has 1 rings (SSSR count). The van der Waals surface area contributed by atoms with Gasteiger partial charge in [0.2, 0.25) is 10.0 Å². The van der Waals surface area contributed by atoms with Gasteiger partial charge in [-0.15, -0.1) is 30.6 Å². The van der Waals surface area contributed by atoms with Crippen molar-refractivity contribution in [1.82, 2.24) is 14.5 Å². The first-order chi connectivity index (χ1) is 12.7. The molecule has 160 valence electrons. The number of rotatable bonds is 10. The van der Waals surface area contributed by atoms with E-state index < -0.39 is 10.0 Å². The van der Waals surface area contributed by atoms with Gasteiger partial charge in [-0.1, -0.05) is 18.2 Å². The van der Waals surface area contributed by atoms with Gasteiger partial charge in [-0.05, 0) is 51.3 Å². The molecule has 0 atom stereocenters. The topological polar surface area (TPSA) is 65.0 Å². The third-order valence-corrected chi connectivity index (χ3v) is 6.38. The molecular formula is C20H35IN4O2S. The normalized spacial score (nSPS) is 12.0. The van der Waals surface area contributed by atoms with Crippen molar-refractivity contribution in [3.63, 3.8) is 0 Å². The van der Waals surface area contributed by atoms with Crippen LogP contribution in [0.25, 0.3) is 0 Å². The lowest BCUT2D eigenvalue weighted by Gasteiger charge is -2.22. The van der Waals surface area contributed by atoms with Crippen LogP contribution in [0.15, 0.2) is 46.8 Å². The number of hydrogen-bond acceptors (Lipinski definition) is 3. The van der Waals surface area contributed by atoms with Gasteiger partial charge in [0, 0.05) is 33.2 Å². The van der Waals surface area contributed by atoms with Crippen LogP contribution in [0.1, 0.15) is 39.2 Å². The second kappa shape index (κ2) is 13.2. The number of nitrogens with zero attached hydrogens (tertiary/aromatic N) is 3. The Balaban J connectivity index is 0.00000729. The van der Waals surface area contributed by atoms with Gasteiger partial charge in [0.25, 0.3) is 0 Å². The van der Waals surface area contributed by atoms with E-state index in [9.17, 15) is 8.42 Å². The van der Waals surface area contributed by atoms with Crippen LogP contribution in [-0.2, 0) is 16.6 Å². The number of guanidine groups is 1. The molecule has 0 unspecified atom stereocenters. The van der Waals surface area contributed by atoms with E-state index in [1.54, 1.807) is 19.2 Å².